The van der Waals surface area contributed by atoms with Crippen LogP contribution in [-0.4, -0.2) is 74.4 Å². The van der Waals surface area contributed by atoms with Crippen molar-refractivity contribution in [3.63, 3.8) is 0 Å². The zero-order valence-electron chi connectivity index (χ0n) is 12.9. The monoisotopic (exact) mass is 269 g/mol. The summed E-state index contributed by atoms with van der Waals surface area (Å²) in [6.45, 7) is 11.5. The van der Waals surface area contributed by atoms with Crippen molar-refractivity contribution in [3.05, 3.63) is 0 Å². The van der Waals surface area contributed by atoms with Crippen molar-refractivity contribution in [2.45, 2.75) is 51.2 Å². The Bertz CT molecular complexity index is 262. The molecule has 2 fully saturated rings. The van der Waals surface area contributed by atoms with Crippen molar-refractivity contribution in [3.8, 4) is 0 Å². The number of piperazine rings is 1. The number of nitrogens with zero attached hydrogens (tertiary/aromatic N) is 2. The Morgan fingerprint density at radius 2 is 2.16 bits per heavy atom. The highest BCUT2D eigenvalue weighted by Gasteiger charge is 2.32. The summed E-state index contributed by atoms with van der Waals surface area (Å²) in [6, 6.07) is 1.98. The molecular weight excluding hydrogens is 238 g/mol. The van der Waals surface area contributed by atoms with E-state index < -0.39 is 0 Å². The van der Waals surface area contributed by atoms with E-state index >= 15 is 0 Å². The zero-order chi connectivity index (χ0) is 13.7. The molecule has 3 atom stereocenters. The summed E-state index contributed by atoms with van der Waals surface area (Å²) in [6.07, 6.45) is 4.22. The molecule has 0 amide bonds. The van der Waals surface area contributed by atoms with Gasteiger partial charge >= 0.3 is 0 Å². The molecule has 2 heterocycles. The highest BCUT2D eigenvalue weighted by Crippen LogP contribution is 2.23. The Hall–Kier alpha value is -0.160. The fraction of sp³-hybridized carbons (Fsp3) is 1.00. The summed E-state index contributed by atoms with van der Waals surface area (Å²) in [7, 11) is 1.77. The summed E-state index contributed by atoms with van der Waals surface area (Å²) >= 11 is 0. The van der Waals surface area contributed by atoms with Crippen molar-refractivity contribution in [2.24, 2.45) is 0 Å². The molecule has 3 unspecified atom stereocenters. The standard InChI is InChI=1S/C15H31N3O/c1-13(12-19-3)16-7-9-17-11-15-6-4-5-8-18(15)10-14(17)2/h13-16H,4-12H2,1-3H3. The van der Waals surface area contributed by atoms with Crippen LogP contribution in [0.4, 0.5) is 0 Å². The Morgan fingerprint density at radius 3 is 2.95 bits per heavy atom. The van der Waals surface area contributed by atoms with Gasteiger partial charge in [-0.15, -0.1) is 0 Å². The van der Waals surface area contributed by atoms with E-state index in [1.54, 1.807) is 7.11 Å². The fourth-order valence-electron chi connectivity index (χ4n) is 3.49. The summed E-state index contributed by atoms with van der Waals surface area (Å²) in [4.78, 5) is 5.38. The first-order valence-corrected chi connectivity index (χ1v) is 7.91. The summed E-state index contributed by atoms with van der Waals surface area (Å²) in [5.74, 6) is 0. The van der Waals surface area contributed by atoms with E-state index in [2.05, 4.69) is 29.0 Å². The van der Waals surface area contributed by atoms with E-state index in [9.17, 15) is 0 Å². The molecule has 19 heavy (non-hydrogen) atoms. The quantitative estimate of drug-likeness (QED) is 0.783. The number of piperidine rings is 1. The van der Waals surface area contributed by atoms with Gasteiger partial charge in [-0.05, 0) is 33.2 Å². The van der Waals surface area contributed by atoms with Gasteiger partial charge < -0.3 is 10.1 Å². The fourth-order valence-corrected chi connectivity index (χ4v) is 3.49. The largest absolute Gasteiger partial charge is 0.383 e. The highest BCUT2D eigenvalue weighted by molar-refractivity contribution is 4.89. The van der Waals surface area contributed by atoms with Gasteiger partial charge in [0.15, 0.2) is 0 Å². The van der Waals surface area contributed by atoms with E-state index in [1.807, 2.05) is 0 Å². The molecular formula is C15H31N3O. The molecule has 2 rings (SSSR count). The second kappa shape index (κ2) is 7.58. The second-order valence-corrected chi connectivity index (χ2v) is 6.30. The van der Waals surface area contributed by atoms with Crippen molar-refractivity contribution >= 4 is 0 Å². The maximum absolute atomic E-state index is 5.16. The van der Waals surface area contributed by atoms with Crippen LogP contribution in [0.2, 0.25) is 0 Å². The SMILES string of the molecule is COCC(C)NCCN1CC2CCCCN2CC1C. The summed E-state index contributed by atoms with van der Waals surface area (Å²) in [5, 5.41) is 3.54. The molecule has 0 aromatic rings. The smallest absolute Gasteiger partial charge is 0.0613 e. The maximum atomic E-state index is 5.16. The highest BCUT2D eigenvalue weighted by atomic mass is 16.5. The molecule has 0 aliphatic carbocycles. The number of rotatable bonds is 6. The molecule has 2 aliphatic heterocycles. The van der Waals surface area contributed by atoms with E-state index in [0.29, 0.717) is 12.1 Å². The zero-order valence-corrected chi connectivity index (χ0v) is 12.9. The van der Waals surface area contributed by atoms with Gasteiger partial charge in [0.05, 0.1) is 6.61 Å². The van der Waals surface area contributed by atoms with Gasteiger partial charge in [-0.3, -0.25) is 9.80 Å². The van der Waals surface area contributed by atoms with Gasteiger partial charge in [-0.1, -0.05) is 6.42 Å². The van der Waals surface area contributed by atoms with E-state index in [-0.39, 0.29) is 0 Å². The van der Waals surface area contributed by atoms with Gasteiger partial charge in [0.25, 0.3) is 0 Å². The summed E-state index contributed by atoms with van der Waals surface area (Å²) in [5.41, 5.74) is 0. The van der Waals surface area contributed by atoms with Crippen molar-refractivity contribution in [1.29, 1.82) is 0 Å². The number of methoxy groups -OCH3 is 1. The molecule has 0 bridgehead atoms. The molecule has 1 N–H and O–H groups in total. The lowest BCUT2D eigenvalue weighted by Crippen LogP contribution is -2.59. The third-order valence-corrected chi connectivity index (χ3v) is 4.62. The van der Waals surface area contributed by atoms with Crippen LogP contribution in [0.15, 0.2) is 0 Å². The molecule has 2 aliphatic rings. The Kier molecular flexibility index (Phi) is 6.07. The first-order valence-electron chi connectivity index (χ1n) is 7.91. The van der Waals surface area contributed by atoms with Crippen molar-refractivity contribution in [1.82, 2.24) is 15.1 Å². The molecule has 4 nitrogen and oxygen atoms in total. The van der Waals surface area contributed by atoms with Gasteiger partial charge in [0.1, 0.15) is 0 Å². The molecule has 2 saturated heterocycles. The van der Waals surface area contributed by atoms with Crippen LogP contribution in [0.5, 0.6) is 0 Å². The van der Waals surface area contributed by atoms with Crippen LogP contribution in [0.3, 0.4) is 0 Å². The topological polar surface area (TPSA) is 27.7 Å². The normalized spacial score (nSPS) is 31.1. The second-order valence-electron chi connectivity index (χ2n) is 6.30. The molecule has 4 heteroatoms. The van der Waals surface area contributed by atoms with Crippen LogP contribution in [0.25, 0.3) is 0 Å². The molecule has 0 saturated carbocycles. The first-order chi connectivity index (χ1) is 9.20. The van der Waals surface area contributed by atoms with Crippen LogP contribution < -0.4 is 5.32 Å². The third kappa shape index (κ3) is 4.42. The van der Waals surface area contributed by atoms with Crippen LogP contribution in [-0.2, 0) is 4.74 Å². The Balaban J connectivity index is 1.71. The van der Waals surface area contributed by atoms with Crippen molar-refractivity contribution < 1.29 is 4.74 Å². The van der Waals surface area contributed by atoms with Gasteiger partial charge in [-0.25, -0.2) is 0 Å². The van der Waals surface area contributed by atoms with Crippen LogP contribution >= 0.6 is 0 Å². The van der Waals surface area contributed by atoms with E-state index in [0.717, 1.165) is 19.2 Å². The molecule has 0 aromatic heterocycles. The Morgan fingerprint density at radius 1 is 1.32 bits per heavy atom. The van der Waals surface area contributed by atoms with Gasteiger partial charge in [-0.2, -0.15) is 0 Å². The van der Waals surface area contributed by atoms with E-state index in [1.165, 1.54) is 45.4 Å². The Labute approximate surface area is 118 Å². The first kappa shape index (κ1) is 15.2. The maximum Gasteiger partial charge on any atom is 0.0613 e. The van der Waals surface area contributed by atoms with Gasteiger partial charge in [0.2, 0.25) is 0 Å². The lowest BCUT2D eigenvalue weighted by Gasteiger charge is -2.47. The average Bonchev–Trinajstić information content (AvgIpc) is 2.39. The number of fused-ring (bicyclic) bond motifs is 1. The predicted octanol–water partition coefficient (Wildman–Crippen LogP) is 1.17. The number of nitrogens with one attached hydrogen (secondary N) is 1. The number of hydrogen-bond acceptors (Lipinski definition) is 4. The van der Waals surface area contributed by atoms with Gasteiger partial charge in [0, 0.05) is 51.4 Å². The van der Waals surface area contributed by atoms with E-state index in [4.69, 9.17) is 4.74 Å². The third-order valence-electron chi connectivity index (χ3n) is 4.62. The molecule has 0 aromatic carbocycles. The summed E-state index contributed by atoms with van der Waals surface area (Å²) < 4.78 is 5.16. The number of ether oxygens (including phenoxy) is 1. The lowest BCUT2D eigenvalue weighted by atomic mass is 9.97. The molecule has 0 spiro atoms. The minimum atomic E-state index is 0.455. The molecule has 112 valence electrons. The predicted molar refractivity (Wildman–Crippen MR) is 79.6 cm³/mol. The average molecular weight is 269 g/mol. The molecule has 0 radical (unpaired) electrons. The van der Waals surface area contributed by atoms with Crippen LogP contribution in [0.1, 0.15) is 33.1 Å². The lowest BCUT2D eigenvalue weighted by molar-refractivity contribution is 0.0154. The number of hydrogen-bond donors (Lipinski definition) is 1. The van der Waals surface area contributed by atoms with Crippen LogP contribution in [0, 0.1) is 0 Å². The van der Waals surface area contributed by atoms with Crippen molar-refractivity contribution in [2.75, 3.05) is 46.4 Å². The minimum Gasteiger partial charge on any atom is -0.383 e. The minimum absolute atomic E-state index is 0.455.